The second-order valence-corrected chi connectivity index (χ2v) is 15.4. The summed E-state index contributed by atoms with van der Waals surface area (Å²) in [6.07, 6.45) is 2.06. The molecule has 5 heteroatoms. The smallest absolute Gasteiger partial charge is 0.164 e. The van der Waals surface area contributed by atoms with Gasteiger partial charge in [0.25, 0.3) is 0 Å². The van der Waals surface area contributed by atoms with Gasteiger partial charge in [0, 0.05) is 61.1 Å². The Morgan fingerprint density at radius 2 is 0.885 bits per heavy atom. The van der Waals surface area contributed by atoms with E-state index in [-0.39, 0.29) is 0 Å². The molecular weight excluding hydrogens is 743 g/mol. The molecule has 0 N–H and O–H groups in total. The number of hydrogen-bond donors (Lipinski definition) is 0. The zero-order valence-electron chi connectivity index (χ0n) is 32.9. The van der Waals surface area contributed by atoms with Crippen LogP contribution in [0.15, 0.2) is 212 Å². The number of aromatic nitrogens is 5. The molecule has 5 nitrogen and oxygen atoms in total. The molecule has 284 valence electrons. The van der Waals surface area contributed by atoms with Gasteiger partial charge in [0.15, 0.2) is 17.5 Å². The molecule has 0 spiro atoms. The molecule has 3 heterocycles. The molecule has 0 saturated heterocycles. The third kappa shape index (κ3) is 5.86. The van der Waals surface area contributed by atoms with E-state index in [1.165, 1.54) is 21.7 Å². The summed E-state index contributed by atoms with van der Waals surface area (Å²) in [5.41, 5.74) is 11.9. The molecule has 0 fully saturated rings. The molecular formula is C56H35N5. The van der Waals surface area contributed by atoms with E-state index in [9.17, 15) is 0 Å². The van der Waals surface area contributed by atoms with Gasteiger partial charge in [0.1, 0.15) is 0 Å². The van der Waals surface area contributed by atoms with Gasteiger partial charge in [0.2, 0.25) is 0 Å². The number of fused-ring (bicyclic) bond motifs is 8. The van der Waals surface area contributed by atoms with Gasteiger partial charge in [-0.25, -0.2) is 15.0 Å². The first kappa shape index (κ1) is 34.7. The third-order valence-corrected chi connectivity index (χ3v) is 11.8. The van der Waals surface area contributed by atoms with E-state index in [2.05, 4.69) is 156 Å². The molecule has 9 aromatic carbocycles. The van der Waals surface area contributed by atoms with E-state index in [4.69, 9.17) is 19.9 Å². The van der Waals surface area contributed by atoms with Crippen LogP contribution in [0.3, 0.4) is 0 Å². The number of rotatable bonds is 6. The highest BCUT2D eigenvalue weighted by Crippen LogP contribution is 2.46. The fraction of sp³-hybridized carbons (Fsp3) is 0. The van der Waals surface area contributed by atoms with Crippen LogP contribution in [-0.4, -0.2) is 24.5 Å². The van der Waals surface area contributed by atoms with Gasteiger partial charge in [-0.15, -0.1) is 0 Å². The van der Waals surface area contributed by atoms with Crippen LogP contribution in [0.4, 0.5) is 0 Å². The molecule has 0 aliphatic rings. The lowest BCUT2D eigenvalue weighted by atomic mass is 9.93. The van der Waals surface area contributed by atoms with E-state index in [1.807, 2.05) is 60.7 Å². The Bertz CT molecular complexity index is 3560. The van der Waals surface area contributed by atoms with E-state index < -0.39 is 0 Å². The first-order valence-electron chi connectivity index (χ1n) is 20.6. The Hall–Kier alpha value is -8.28. The first-order valence-corrected chi connectivity index (χ1v) is 20.6. The van der Waals surface area contributed by atoms with Crippen molar-refractivity contribution in [3.8, 4) is 62.1 Å². The maximum atomic E-state index is 5.00. The van der Waals surface area contributed by atoms with Crippen LogP contribution in [0.5, 0.6) is 0 Å². The predicted molar refractivity (Wildman–Crippen MR) is 252 cm³/mol. The Labute approximate surface area is 351 Å². The van der Waals surface area contributed by atoms with Crippen molar-refractivity contribution in [2.45, 2.75) is 0 Å². The Morgan fingerprint density at radius 3 is 1.56 bits per heavy atom. The van der Waals surface area contributed by atoms with Gasteiger partial charge in [0.05, 0.1) is 16.6 Å². The zero-order valence-corrected chi connectivity index (χ0v) is 32.9. The number of benzene rings is 9. The molecule has 0 amide bonds. The summed E-state index contributed by atoms with van der Waals surface area (Å²) in [5, 5.41) is 8.17. The molecule has 61 heavy (non-hydrogen) atoms. The molecule has 0 aliphatic carbocycles. The van der Waals surface area contributed by atoms with E-state index in [0.717, 1.165) is 77.2 Å². The highest BCUT2D eigenvalue weighted by atomic mass is 15.0. The Balaban J connectivity index is 1.08. The molecule has 0 bridgehead atoms. The normalized spacial score (nSPS) is 11.6. The van der Waals surface area contributed by atoms with Crippen molar-refractivity contribution in [3.05, 3.63) is 212 Å². The van der Waals surface area contributed by atoms with Gasteiger partial charge in [-0.05, 0) is 63.9 Å². The van der Waals surface area contributed by atoms with Crippen LogP contribution < -0.4 is 0 Å². The predicted octanol–water partition coefficient (Wildman–Crippen LogP) is 14.2. The van der Waals surface area contributed by atoms with E-state index in [0.29, 0.717) is 17.5 Å². The van der Waals surface area contributed by atoms with E-state index in [1.54, 1.807) is 0 Å². The second-order valence-electron chi connectivity index (χ2n) is 15.4. The maximum absolute atomic E-state index is 5.00. The SMILES string of the molecule is c1ccc(-c2nc(-c3ccccc3)nc(-c3ccc4cc(-c5cccc6c7c8c(cnc9ccccc98)c(-c8ccccc8)cc7n(-c7ccccc7)c56)ccc4c3)n2)cc1. The average molecular weight is 778 g/mol. The van der Waals surface area contributed by atoms with Crippen molar-refractivity contribution in [1.82, 2.24) is 24.5 Å². The number of nitrogens with zero attached hydrogens (tertiary/aromatic N) is 5. The lowest BCUT2D eigenvalue weighted by Gasteiger charge is -2.14. The molecule has 12 aromatic rings. The fourth-order valence-corrected chi connectivity index (χ4v) is 9.01. The molecule has 12 rings (SSSR count). The van der Waals surface area contributed by atoms with Crippen molar-refractivity contribution >= 4 is 54.3 Å². The maximum Gasteiger partial charge on any atom is 0.164 e. The van der Waals surface area contributed by atoms with Gasteiger partial charge >= 0.3 is 0 Å². The first-order chi connectivity index (χ1) is 30.2. The lowest BCUT2D eigenvalue weighted by Crippen LogP contribution is -2.00. The minimum atomic E-state index is 0.639. The fourth-order valence-electron chi connectivity index (χ4n) is 9.01. The molecule has 0 aliphatic heterocycles. The topological polar surface area (TPSA) is 56.5 Å². The zero-order chi connectivity index (χ0) is 40.3. The number of para-hydroxylation sites is 3. The quantitative estimate of drug-likeness (QED) is 0.158. The number of pyridine rings is 1. The summed E-state index contributed by atoms with van der Waals surface area (Å²) >= 11 is 0. The standard InChI is InChI=1S/C56H35N5/c1-5-16-36(17-6-1)47-34-50-52(51-45-24-13-14-27-49(45)57-35-48(47)51)46-26-15-25-44(53(46)61(50)43-22-11-4-12-23-43)41-30-28-40-33-42(31-29-39(40)32-41)56-59-54(37-18-7-2-8-19-37)58-55(60-56)38-20-9-3-10-21-38/h1-35H. The summed E-state index contributed by atoms with van der Waals surface area (Å²) < 4.78 is 2.46. The summed E-state index contributed by atoms with van der Waals surface area (Å²) in [7, 11) is 0. The van der Waals surface area contributed by atoms with Crippen molar-refractivity contribution in [3.63, 3.8) is 0 Å². The summed E-state index contributed by atoms with van der Waals surface area (Å²) in [6.45, 7) is 0. The van der Waals surface area contributed by atoms with Gasteiger partial charge in [-0.3, -0.25) is 4.98 Å². The van der Waals surface area contributed by atoms with Crippen molar-refractivity contribution in [2.75, 3.05) is 0 Å². The van der Waals surface area contributed by atoms with Crippen LogP contribution >= 0.6 is 0 Å². The minimum Gasteiger partial charge on any atom is -0.309 e. The summed E-state index contributed by atoms with van der Waals surface area (Å²) in [5.74, 6) is 1.94. The molecule has 0 saturated carbocycles. The minimum absolute atomic E-state index is 0.639. The van der Waals surface area contributed by atoms with Crippen LogP contribution in [-0.2, 0) is 0 Å². The van der Waals surface area contributed by atoms with Crippen LogP contribution in [0.2, 0.25) is 0 Å². The van der Waals surface area contributed by atoms with Crippen molar-refractivity contribution in [2.24, 2.45) is 0 Å². The average Bonchev–Trinajstić information content (AvgIpc) is 3.68. The van der Waals surface area contributed by atoms with Gasteiger partial charge in [-0.2, -0.15) is 0 Å². The Morgan fingerprint density at radius 1 is 0.344 bits per heavy atom. The van der Waals surface area contributed by atoms with Crippen LogP contribution in [0.25, 0.3) is 116 Å². The van der Waals surface area contributed by atoms with Crippen LogP contribution in [0.1, 0.15) is 0 Å². The summed E-state index contributed by atoms with van der Waals surface area (Å²) in [6, 6.07) is 72.6. The Kier molecular flexibility index (Phi) is 8.10. The second kappa shape index (κ2) is 14.2. The van der Waals surface area contributed by atoms with Gasteiger partial charge in [-0.1, -0.05) is 170 Å². The highest BCUT2D eigenvalue weighted by molar-refractivity contribution is 6.31. The molecule has 0 radical (unpaired) electrons. The van der Waals surface area contributed by atoms with Gasteiger partial charge < -0.3 is 4.57 Å². The summed E-state index contributed by atoms with van der Waals surface area (Å²) in [4.78, 5) is 19.9. The highest BCUT2D eigenvalue weighted by Gasteiger charge is 2.22. The molecule has 3 aromatic heterocycles. The van der Waals surface area contributed by atoms with E-state index >= 15 is 0 Å². The molecule has 0 atom stereocenters. The van der Waals surface area contributed by atoms with Crippen molar-refractivity contribution < 1.29 is 0 Å². The van der Waals surface area contributed by atoms with Crippen LogP contribution in [0, 0.1) is 0 Å². The van der Waals surface area contributed by atoms with Crippen molar-refractivity contribution in [1.29, 1.82) is 0 Å². The largest absolute Gasteiger partial charge is 0.309 e. The molecule has 0 unspecified atom stereocenters. The lowest BCUT2D eigenvalue weighted by molar-refractivity contribution is 1.07. The third-order valence-electron chi connectivity index (χ3n) is 11.8. The number of hydrogen-bond acceptors (Lipinski definition) is 4. The monoisotopic (exact) mass is 777 g/mol.